The second-order valence-corrected chi connectivity index (χ2v) is 5.15. The van der Waals surface area contributed by atoms with Crippen LogP contribution in [0.5, 0.6) is 0 Å². The molecule has 0 unspecified atom stereocenters. The Labute approximate surface area is 105 Å². The number of nitrogens with two attached hydrogens (primary N) is 1. The molecular weight excluding hydrogens is 234 g/mol. The molecule has 0 aliphatic carbocycles. The number of benzene rings is 1. The van der Waals surface area contributed by atoms with Gasteiger partial charge in [-0.2, -0.15) is 0 Å². The van der Waals surface area contributed by atoms with Crippen molar-refractivity contribution in [3.05, 3.63) is 17.1 Å². The molecule has 2 rings (SSSR count). The molecule has 3 N–H and O–H groups in total. The third kappa shape index (κ3) is 2.87. The lowest BCUT2D eigenvalue weighted by molar-refractivity contribution is 0.198. The largest absolute Gasteiger partial charge is 0.397 e. The second-order valence-electron chi connectivity index (χ2n) is 3.91. The van der Waals surface area contributed by atoms with Crippen LogP contribution < -0.4 is 11.1 Å². The highest BCUT2D eigenvalue weighted by Crippen LogP contribution is 2.29. The third-order valence-corrected chi connectivity index (χ3v) is 3.44. The van der Waals surface area contributed by atoms with Gasteiger partial charge < -0.3 is 15.8 Å². The number of aromatic nitrogens is 1. The van der Waals surface area contributed by atoms with Crippen LogP contribution in [0.2, 0.25) is 0 Å². The number of nitrogens with one attached hydrogen (secondary N) is 1. The maximum atomic E-state index is 6.00. The molecule has 5 heteroatoms. The van der Waals surface area contributed by atoms with Crippen molar-refractivity contribution < 1.29 is 4.74 Å². The Morgan fingerprint density at radius 3 is 3.06 bits per heavy atom. The lowest BCUT2D eigenvalue weighted by Gasteiger charge is -2.08. The number of fused-ring (bicyclic) bond motifs is 1. The Morgan fingerprint density at radius 1 is 1.47 bits per heavy atom. The fraction of sp³-hybridized carbons (Fsp3) is 0.417. The van der Waals surface area contributed by atoms with Crippen molar-refractivity contribution in [1.29, 1.82) is 0 Å². The van der Waals surface area contributed by atoms with Gasteiger partial charge in [0, 0.05) is 20.3 Å². The van der Waals surface area contributed by atoms with Crippen molar-refractivity contribution in [3.8, 4) is 0 Å². The molecule has 0 atom stereocenters. The molecule has 0 radical (unpaired) electrons. The molecule has 1 aromatic heterocycles. The highest BCUT2D eigenvalue weighted by molar-refractivity contribution is 7.18. The summed E-state index contributed by atoms with van der Waals surface area (Å²) in [5, 5.41) is 4.37. The van der Waals surface area contributed by atoms with Gasteiger partial charge in [-0.25, -0.2) is 4.98 Å². The summed E-state index contributed by atoms with van der Waals surface area (Å²) in [6.07, 6.45) is 0.962. The highest BCUT2D eigenvalue weighted by atomic mass is 32.1. The standard InChI is InChI=1S/C12H17N3OS/c1-8-15-11-7-10(14-4-3-5-16-2)9(13)6-12(11)17-8/h6-7,14H,3-5,13H2,1-2H3. The van der Waals surface area contributed by atoms with Gasteiger partial charge in [0.1, 0.15) is 0 Å². The molecule has 1 heterocycles. The van der Waals surface area contributed by atoms with E-state index in [9.17, 15) is 0 Å². The van der Waals surface area contributed by atoms with Gasteiger partial charge in [0.05, 0.1) is 26.6 Å². The fourth-order valence-corrected chi connectivity index (χ4v) is 2.55. The summed E-state index contributed by atoms with van der Waals surface area (Å²) in [5.41, 5.74) is 8.74. The summed E-state index contributed by atoms with van der Waals surface area (Å²) in [4.78, 5) is 4.46. The van der Waals surface area contributed by atoms with E-state index in [0.717, 1.165) is 46.2 Å². The van der Waals surface area contributed by atoms with E-state index in [0.29, 0.717) is 0 Å². The Morgan fingerprint density at radius 2 is 2.29 bits per heavy atom. The molecule has 17 heavy (non-hydrogen) atoms. The Kier molecular flexibility index (Phi) is 3.81. The van der Waals surface area contributed by atoms with Crippen LogP contribution in [-0.4, -0.2) is 25.2 Å². The van der Waals surface area contributed by atoms with Gasteiger partial charge in [-0.05, 0) is 25.5 Å². The molecule has 1 aromatic carbocycles. The molecule has 0 saturated heterocycles. The second kappa shape index (κ2) is 5.33. The van der Waals surface area contributed by atoms with Crippen LogP contribution in [0.25, 0.3) is 10.2 Å². The van der Waals surface area contributed by atoms with Crippen LogP contribution in [0, 0.1) is 6.92 Å². The molecule has 0 saturated carbocycles. The van der Waals surface area contributed by atoms with Crippen molar-refractivity contribution in [3.63, 3.8) is 0 Å². The first-order chi connectivity index (χ1) is 8.20. The van der Waals surface area contributed by atoms with Crippen molar-refractivity contribution in [2.24, 2.45) is 0 Å². The van der Waals surface area contributed by atoms with Crippen molar-refractivity contribution in [2.45, 2.75) is 13.3 Å². The van der Waals surface area contributed by atoms with E-state index < -0.39 is 0 Å². The normalized spacial score (nSPS) is 10.9. The number of anilines is 2. The highest BCUT2D eigenvalue weighted by Gasteiger charge is 2.05. The number of nitrogen functional groups attached to an aromatic ring is 1. The van der Waals surface area contributed by atoms with Gasteiger partial charge >= 0.3 is 0 Å². The zero-order valence-electron chi connectivity index (χ0n) is 10.1. The predicted octanol–water partition coefficient (Wildman–Crippen LogP) is 2.64. The molecule has 4 nitrogen and oxygen atoms in total. The third-order valence-electron chi connectivity index (χ3n) is 2.51. The summed E-state index contributed by atoms with van der Waals surface area (Å²) in [5.74, 6) is 0. The van der Waals surface area contributed by atoms with Gasteiger partial charge in [0.15, 0.2) is 0 Å². The maximum Gasteiger partial charge on any atom is 0.0907 e. The lowest BCUT2D eigenvalue weighted by atomic mass is 10.2. The van der Waals surface area contributed by atoms with Gasteiger partial charge in [-0.3, -0.25) is 0 Å². The Balaban J connectivity index is 2.13. The van der Waals surface area contributed by atoms with Crippen molar-refractivity contribution in [2.75, 3.05) is 31.3 Å². The predicted molar refractivity (Wildman–Crippen MR) is 73.8 cm³/mol. The molecule has 0 aliphatic rings. The molecule has 0 bridgehead atoms. The maximum absolute atomic E-state index is 6.00. The number of nitrogens with zero attached hydrogens (tertiary/aromatic N) is 1. The molecule has 2 aromatic rings. The van der Waals surface area contributed by atoms with Gasteiger partial charge in [-0.1, -0.05) is 0 Å². The summed E-state index contributed by atoms with van der Waals surface area (Å²) in [7, 11) is 1.71. The SMILES string of the molecule is COCCCNc1cc2nc(C)sc2cc1N. The molecular formula is C12H17N3OS. The molecule has 0 amide bonds. The average molecular weight is 251 g/mol. The van der Waals surface area contributed by atoms with Crippen LogP contribution in [0.15, 0.2) is 12.1 Å². The Bertz CT molecular complexity index is 510. The number of hydrogen-bond acceptors (Lipinski definition) is 5. The number of methoxy groups -OCH3 is 1. The van der Waals surface area contributed by atoms with Gasteiger partial charge in [-0.15, -0.1) is 11.3 Å². The zero-order valence-corrected chi connectivity index (χ0v) is 10.9. The van der Waals surface area contributed by atoms with E-state index >= 15 is 0 Å². The number of hydrogen-bond donors (Lipinski definition) is 2. The summed E-state index contributed by atoms with van der Waals surface area (Å²) in [6, 6.07) is 4.00. The first-order valence-corrected chi connectivity index (χ1v) is 6.42. The minimum Gasteiger partial charge on any atom is -0.397 e. The molecule has 0 aliphatic heterocycles. The van der Waals surface area contributed by atoms with E-state index in [1.807, 2.05) is 19.1 Å². The quantitative estimate of drug-likeness (QED) is 0.633. The van der Waals surface area contributed by atoms with Gasteiger partial charge in [0.25, 0.3) is 0 Å². The van der Waals surface area contributed by atoms with Gasteiger partial charge in [0.2, 0.25) is 0 Å². The number of aryl methyl sites for hydroxylation is 1. The first-order valence-electron chi connectivity index (χ1n) is 5.60. The topological polar surface area (TPSA) is 60.2 Å². The van der Waals surface area contributed by atoms with E-state index in [2.05, 4.69) is 10.3 Å². The summed E-state index contributed by atoms with van der Waals surface area (Å²) in [6.45, 7) is 3.62. The molecule has 0 fully saturated rings. The average Bonchev–Trinajstić information content (AvgIpc) is 2.63. The van der Waals surface area contributed by atoms with E-state index in [1.54, 1.807) is 18.4 Å². The number of thiazole rings is 1. The van der Waals surface area contributed by atoms with Crippen molar-refractivity contribution in [1.82, 2.24) is 4.98 Å². The van der Waals surface area contributed by atoms with Crippen molar-refractivity contribution >= 4 is 32.9 Å². The van der Waals surface area contributed by atoms with Crippen LogP contribution in [0.1, 0.15) is 11.4 Å². The summed E-state index contributed by atoms with van der Waals surface area (Å²) >= 11 is 1.67. The zero-order chi connectivity index (χ0) is 12.3. The Hall–Kier alpha value is -1.33. The van der Waals surface area contributed by atoms with Crippen LogP contribution in [-0.2, 0) is 4.74 Å². The minimum atomic E-state index is 0.755. The van der Waals surface area contributed by atoms with E-state index in [-0.39, 0.29) is 0 Å². The first kappa shape index (κ1) is 12.1. The minimum absolute atomic E-state index is 0.755. The monoisotopic (exact) mass is 251 g/mol. The number of rotatable bonds is 5. The van der Waals surface area contributed by atoms with E-state index in [4.69, 9.17) is 10.5 Å². The fourth-order valence-electron chi connectivity index (χ4n) is 1.70. The van der Waals surface area contributed by atoms with E-state index in [1.165, 1.54) is 0 Å². The smallest absolute Gasteiger partial charge is 0.0907 e. The van der Waals surface area contributed by atoms with Crippen LogP contribution in [0.3, 0.4) is 0 Å². The number of ether oxygens (including phenoxy) is 1. The van der Waals surface area contributed by atoms with Crippen LogP contribution >= 0.6 is 11.3 Å². The van der Waals surface area contributed by atoms with Crippen LogP contribution in [0.4, 0.5) is 11.4 Å². The molecule has 92 valence electrons. The lowest BCUT2D eigenvalue weighted by Crippen LogP contribution is -2.06. The molecule has 0 spiro atoms. The summed E-state index contributed by atoms with van der Waals surface area (Å²) < 4.78 is 6.14.